The number of rotatable bonds is 6. The number of aliphatic carboxylic acids is 1. The van der Waals surface area contributed by atoms with Gasteiger partial charge in [0, 0.05) is 16.2 Å². The van der Waals surface area contributed by atoms with Crippen LogP contribution in [0.25, 0.3) is 10.9 Å². The fraction of sp³-hybridized carbons (Fsp3) is 0.375. The minimum atomic E-state index is -0.997. The van der Waals surface area contributed by atoms with Gasteiger partial charge in [-0.25, -0.2) is 4.79 Å². The number of hydrogen-bond acceptors (Lipinski definition) is 2. The third kappa shape index (κ3) is 3.68. The van der Waals surface area contributed by atoms with Gasteiger partial charge in [-0.05, 0) is 29.5 Å². The number of nitrogens with one attached hydrogen (secondary N) is 1. The highest BCUT2D eigenvalue weighted by Gasteiger charge is 2.25. The average Bonchev–Trinajstić information content (AvgIpc) is 2.86. The lowest BCUT2D eigenvalue weighted by molar-refractivity contribution is -0.143. The van der Waals surface area contributed by atoms with E-state index in [1.807, 2.05) is 48.9 Å². The molecule has 2 rings (SSSR count). The molecule has 2 N–H and O–H groups in total. The van der Waals surface area contributed by atoms with Crippen LogP contribution in [0.3, 0.4) is 0 Å². The normalized spacial score (nSPS) is 13.8. The Morgan fingerprint density at radius 3 is 2.73 bits per heavy atom. The van der Waals surface area contributed by atoms with Gasteiger partial charge < -0.3 is 15.0 Å². The Bertz CT molecular complexity index is 696. The predicted octanol–water partition coefficient (Wildman–Crippen LogP) is 3.02. The summed E-state index contributed by atoms with van der Waals surface area (Å²) in [4.78, 5) is 23.4. The van der Waals surface area contributed by atoms with E-state index in [-0.39, 0.29) is 18.4 Å². The number of nitrogens with zero attached hydrogens (tertiary/aromatic N) is 1. The number of benzene rings is 1. The van der Waals surface area contributed by atoms with Gasteiger partial charge in [0.05, 0.1) is 0 Å². The minimum Gasteiger partial charge on any atom is -0.480 e. The van der Waals surface area contributed by atoms with E-state index in [0.717, 1.165) is 15.4 Å². The highest BCUT2D eigenvalue weighted by atomic mass is 79.9. The van der Waals surface area contributed by atoms with Crippen molar-refractivity contribution in [1.29, 1.82) is 0 Å². The largest absolute Gasteiger partial charge is 0.480 e. The molecule has 22 heavy (non-hydrogen) atoms. The van der Waals surface area contributed by atoms with Crippen molar-refractivity contribution in [3.05, 3.63) is 34.9 Å². The molecule has 0 radical (unpaired) electrons. The SMILES string of the molecule is CCC(C)C(NC(=O)Cn1ccc2ccc(Br)cc21)C(=O)O. The smallest absolute Gasteiger partial charge is 0.326 e. The molecule has 5 nitrogen and oxygen atoms in total. The third-order valence-corrected chi connectivity index (χ3v) is 4.34. The standard InChI is InChI=1S/C16H19BrN2O3/c1-3-10(2)15(16(21)22)18-14(20)9-19-7-6-11-4-5-12(17)8-13(11)19/h4-8,10,15H,3,9H2,1-2H3,(H,18,20)(H,21,22). The molecule has 1 aromatic carbocycles. The van der Waals surface area contributed by atoms with Crippen molar-refractivity contribution in [2.45, 2.75) is 32.9 Å². The Labute approximate surface area is 137 Å². The summed E-state index contributed by atoms with van der Waals surface area (Å²) in [6.07, 6.45) is 2.52. The summed E-state index contributed by atoms with van der Waals surface area (Å²) in [6, 6.07) is 6.92. The number of carboxylic acid groups (broad SMARTS) is 1. The van der Waals surface area contributed by atoms with Gasteiger partial charge in [-0.15, -0.1) is 0 Å². The van der Waals surface area contributed by atoms with E-state index >= 15 is 0 Å². The van der Waals surface area contributed by atoms with Crippen molar-refractivity contribution in [1.82, 2.24) is 9.88 Å². The minimum absolute atomic E-state index is 0.0974. The summed E-state index contributed by atoms with van der Waals surface area (Å²) in [6.45, 7) is 3.82. The highest BCUT2D eigenvalue weighted by Crippen LogP contribution is 2.20. The molecular formula is C16H19BrN2O3. The maximum Gasteiger partial charge on any atom is 0.326 e. The van der Waals surface area contributed by atoms with E-state index in [2.05, 4.69) is 21.2 Å². The molecule has 0 aliphatic heterocycles. The van der Waals surface area contributed by atoms with Gasteiger partial charge in [-0.2, -0.15) is 0 Å². The lowest BCUT2D eigenvalue weighted by Gasteiger charge is -2.20. The molecule has 0 aliphatic rings. The summed E-state index contributed by atoms with van der Waals surface area (Å²) in [7, 11) is 0. The van der Waals surface area contributed by atoms with Crippen LogP contribution in [0.15, 0.2) is 34.9 Å². The number of carbonyl (C=O) groups excluding carboxylic acids is 1. The molecule has 1 amide bonds. The van der Waals surface area contributed by atoms with Crippen LogP contribution in [-0.2, 0) is 16.1 Å². The molecule has 0 saturated heterocycles. The van der Waals surface area contributed by atoms with Gasteiger partial charge in [0.1, 0.15) is 12.6 Å². The van der Waals surface area contributed by atoms with E-state index in [1.54, 1.807) is 0 Å². The molecule has 0 spiro atoms. The van der Waals surface area contributed by atoms with Crippen molar-refractivity contribution < 1.29 is 14.7 Å². The predicted molar refractivity (Wildman–Crippen MR) is 88.7 cm³/mol. The molecule has 6 heteroatoms. The number of amides is 1. The second-order valence-electron chi connectivity index (χ2n) is 5.42. The van der Waals surface area contributed by atoms with Gasteiger partial charge in [-0.1, -0.05) is 42.3 Å². The molecule has 0 bridgehead atoms. The summed E-state index contributed by atoms with van der Waals surface area (Å²) in [5.41, 5.74) is 0.930. The number of hydrogen-bond donors (Lipinski definition) is 2. The van der Waals surface area contributed by atoms with Crippen LogP contribution in [0.2, 0.25) is 0 Å². The molecule has 118 valence electrons. The molecule has 2 unspecified atom stereocenters. The quantitative estimate of drug-likeness (QED) is 0.825. The van der Waals surface area contributed by atoms with Crippen molar-refractivity contribution in [3.8, 4) is 0 Å². The van der Waals surface area contributed by atoms with Crippen LogP contribution in [0.4, 0.5) is 0 Å². The number of carbonyl (C=O) groups is 2. The number of halogens is 1. The number of carboxylic acids is 1. The maximum atomic E-state index is 12.2. The fourth-order valence-electron chi connectivity index (χ4n) is 2.35. The summed E-state index contributed by atoms with van der Waals surface area (Å²) in [5.74, 6) is -1.41. The Morgan fingerprint density at radius 2 is 2.09 bits per heavy atom. The zero-order chi connectivity index (χ0) is 16.3. The van der Waals surface area contributed by atoms with E-state index in [0.29, 0.717) is 6.42 Å². The van der Waals surface area contributed by atoms with Crippen LogP contribution < -0.4 is 5.32 Å². The van der Waals surface area contributed by atoms with Crippen LogP contribution in [0, 0.1) is 5.92 Å². The zero-order valence-electron chi connectivity index (χ0n) is 12.5. The van der Waals surface area contributed by atoms with Crippen LogP contribution in [0.1, 0.15) is 20.3 Å². The van der Waals surface area contributed by atoms with Crippen LogP contribution in [-0.4, -0.2) is 27.6 Å². The first kappa shape index (κ1) is 16.5. The van der Waals surface area contributed by atoms with E-state index < -0.39 is 12.0 Å². The molecule has 2 aromatic rings. The van der Waals surface area contributed by atoms with E-state index in [9.17, 15) is 14.7 Å². The second-order valence-corrected chi connectivity index (χ2v) is 6.33. The fourth-order valence-corrected chi connectivity index (χ4v) is 2.70. The monoisotopic (exact) mass is 366 g/mol. The average molecular weight is 367 g/mol. The Balaban J connectivity index is 2.13. The molecular weight excluding hydrogens is 348 g/mol. The summed E-state index contributed by atoms with van der Waals surface area (Å²) >= 11 is 3.41. The molecule has 1 heterocycles. The first-order valence-corrected chi connectivity index (χ1v) is 7.98. The summed E-state index contributed by atoms with van der Waals surface area (Å²) in [5, 5.41) is 12.9. The molecule has 2 atom stereocenters. The topological polar surface area (TPSA) is 71.3 Å². The van der Waals surface area contributed by atoms with E-state index in [4.69, 9.17) is 0 Å². The van der Waals surface area contributed by atoms with Gasteiger partial charge >= 0.3 is 5.97 Å². The lowest BCUT2D eigenvalue weighted by Crippen LogP contribution is -2.46. The van der Waals surface area contributed by atoms with Crippen molar-refractivity contribution in [3.63, 3.8) is 0 Å². The molecule has 1 aromatic heterocycles. The third-order valence-electron chi connectivity index (χ3n) is 3.85. The molecule has 0 aliphatic carbocycles. The van der Waals surface area contributed by atoms with E-state index in [1.165, 1.54) is 0 Å². The van der Waals surface area contributed by atoms with Crippen molar-refractivity contribution in [2.75, 3.05) is 0 Å². The van der Waals surface area contributed by atoms with Crippen LogP contribution >= 0.6 is 15.9 Å². The highest BCUT2D eigenvalue weighted by molar-refractivity contribution is 9.10. The van der Waals surface area contributed by atoms with Gasteiger partial charge in [0.15, 0.2) is 0 Å². The van der Waals surface area contributed by atoms with Gasteiger partial charge in [0.2, 0.25) is 5.91 Å². The van der Waals surface area contributed by atoms with Gasteiger partial charge in [0.25, 0.3) is 0 Å². The number of fused-ring (bicyclic) bond motifs is 1. The zero-order valence-corrected chi connectivity index (χ0v) is 14.1. The van der Waals surface area contributed by atoms with Gasteiger partial charge in [-0.3, -0.25) is 4.79 Å². The lowest BCUT2D eigenvalue weighted by atomic mass is 9.99. The molecule has 0 saturated carbocycles. The second kappa shape index (κ2) is 6.96. The number of aromatic nitrogens is 1. The Hall–Kier alpha value is -1.82. The Morgan fingerprint density at radius 1 is 1.36 bits per heavy atom. The first-order valence-electron chi connectivity index (χ1n) is 7.19. The Kier molecular flexibility index (Phi) is 5.24. The van der Waals surface area contributed by atoms with Crippen LogP contribution in [0.5, 0.6) is 0 Å². The maximum absolute atomic E-state index is 12.2. The molecule has 0 fully saturated rings. The van der Waals surface area contributed by atoms with Crippen molar-refractivity contribution in [2.24, 2.45) is 5.92 Å². The first-order chi connectivity index (χ1) is 10.4. The summed E-state index contributed by atoms with van der Waals surface area (Å²) < 4.78 is 2.74. The van der Waals surface area contributed by atoms with Crippen molar-refractivity contribution >= 4 is 38.7 Å².